The lowest BCUT2D eigenvalue weighted by Crippen LogP contribution is -2.28. The number of nitrogens with one attached hydrogen (secondary N) is 2. The fourth-order valence-electron chi connectivity index (χ4n) is 2.72. The van der Waals surface area contributed by atoms with Crippen LogP contribution < -0.4 is 10.6 Å². The second-order valence-corrected chi connectivity index (χ2v) is 9.36. The predicted molar refractivity (Wildman–Crippen MR) is 127 cm³/mol. The van der Waals surface area contributed by atoms with Gasteiger partial charge in [-0.25, -0.2) is 4.39 Å². The summed E-state index contributed by atoms with van der Waals surface area (Å²) in [4.78, 5) is 24.7. The molecule has 0 aliphatic rings. The van der Waals surface area contributed by atoms with Gasteiger partial charge >= 0.3 is 0 Å². The Balaban J connectivity index is 1.59. The molecule has 2 amide bonds. The summed E-state index contributed by atoms with van der Waals surface area (Å²) in [5.74, 6) is -0.762. The number of carbonyl (C=O) groups excluding carboxylic acids is 2. The maximum Gasteiger partial charge on any atom is 0.251 e. The number of aromatic nitrogens is 3. The molecule has 1 heterocycles. The summed E-state index contributed by atoms with van der Waals surface area (Å²) in [6.07, 6.45) is 0. The molecule has 3 aromatic rings. The zero-order valence-electron chi connectivity index (χ0n) is 16.8. The molecule has 0 aliphatic carbocycles. The zero-order chi connectivity index (χ0) is 23.4. The minimum Gasteiger partial charge on any atom is -0.342 e. The Kier molecular flexibility index (Phi) is 8.16. The second-order valence-electron chi connectivity index (χ2n) is 6.68. The third-order valence-corrected chi connectivity index (χ3v) is 6.58. The van der Waals surface area contributed by atoms with Gasteiger partial charge < -0.3 is 15.2 Å². The summed E-state index contributed by atoms with van der Waals surface area (Å²) in [7, 11) is 1.73. The van der Waals surface area contributed by atoms with Gasteiger partial charge in [-0.15, -0.1) is 10.2 Å². The highest BCUT2D eigenvalue weighted by molar-refractivity contribution is 9.10. The van der Waals surface area contributed by atoms with Gasteiger partial charge in [-0.1, -0.05) is 50.9 Å². The van der Waals surface area contributed by atoms with Crippen molar-refractivity contribution in [2.45, 2.75) is 18.1 Å². The van der Waals surface area contributed by atoms with E-state index in [9.17, 15) is 14.0 Å². The van der Waals surface area contributed by atoms with Crippen LogP contribution in [0.5, 0.6) is 0 Å². The van der Waals surface area contributed by atoms with Gasteiger partial charge in [0.2, 0.25) is 5.91 Å². The van der Waals surface area contributed by atoms with Crippen molar-refractivity contribution in [3.8, 4) is 0 Å². The molecular weight excluding hydrogens is 544 g/mol. The van der Waals surface area contributed by atoms with Crippen molar-refractivity contribution in [3.05, 3.63) is 68.1 Å². The van der Waals surface area contributed by atoms with Crippen LogP contribution in [0.3, 0.4) is 0 Å². The van der Waals surface area contributed by atoms with Crippen LogP contribution >= 0.6 is 50.9 Å². The molecule has 3 rings (SSSR count). The third kappa shape index (κ3) is 6.00. The molecule has 7 nitrogen and oxygen atoms in total. The summed E-state index contributed by atoms with van der Waals surface area (Å²) in [5, 5.41) is 14.6. The van der Waals surface area contributed by atoms with Gasteiger partial charge in [0.15, 0.2) is 11.0 Å². The molecule has 1 aromatic heterocycles. The van der Waals surface area contributed by atoms with Crippen LogP contribution in [0.1, 0.15) is 29.1 Å². The molecular formula is C20H17BrCl2FN5O2S. The fourth-order valence-corrected chi connectivity index (χ4v) is 4.07. The molecule has 0 radical (unpaired) electrons. The Bertz CT molecular complexity index is 1180. The normalized spacial score (nSPS) is 11.8. The molecule has 2 aromatic carbocycles. The van der Waals surface area contributed by atoms with E-state index in [1.54, 1.807) is 36.7 Å². The van der Waals surface area contributed by atoms with E-state index in [1.807, 2.05) is 0 Å². The van der Waals surface area contributed by atoms with Crippen molar-refractivity contribution in [1.29, 1.82) is 0 Å². The van der Waals surface area contributed by atoms with Gasteiger partial charge in [-0.05, 0) is 43.3 Å². The van der Waals surface area contributed by atoms with Crippen molar-refractivity contribution in [1.82, 2.24) is 20.1 Å². The summed E-state index contributed by atoms with van der Waals surface area (Å²) in [6, 6.07) is 8.51. The number of thioether (sulfide) groups is 1. The topological polar surface area (TPSA) is 88.9 Å². The van der Waals surface area contributed by atoms with Crippen LogP contribution in [-0.2, 0) is 11.8 Å². The van der Waals surface area contributed by atoms with E-state index in [2.05, 4.69) is 36.8 Å². The molecule has 0 fully saturated rings. The van der Waals surface area contributed by atoms with Crippen molar-refractivity contribution in [2.24, 2.45) is 7.05 Å². The lowest BCUT2D eigenvalue weighted by molar-refractivity contribution is -0.113. The van der Waals surface area contributed by atoms with Gasteiger partial charge in [0.1, 0.15) is 5.82 Å². The molecule has 32 heavy (non-hydrogen) atoms. The minimum atomic E-state index is -0.537. The van der Waals surface area contributed by atoms with E-state index in [1.165, 1.54) is 18.2 Å². The monoisotopic (exact) mass is 559 g/mol. The van der Waals surface area contributed by atoms with Gasteiger partial charge in [0.25, 0.3) is 5.91 Å². The van der Waals surface area contributed by atoms with Gasteiger partial charge in [-0.3, -0.25) is 9.59 Å². The fraction of sp³-hybridized carbons (Fsp3) is 0.200. The number of hydrogen-bond donors (Lipinski definition) is 2. The molecule has 0 aliphatic heterocycles. The average Bonchev–Trinajstić information content (AvgIpc) is 3.11. The van der Waals surface area contributed by atoms with Crippen LogP contribution in [0.4, 0.5) is 10.1 Å². The van der Waals surface area contributed by atoms with Crippen molar-refractivity contribution in [3.63, 3.8) is 0 Å². The Morgan fingerprint density at radius 3 is 2.62 bits per heavy atom. The summed E-state index contributed by atoms with van der Waals surface area (Å²) >= 11 is 16.2. The highest BCUT2D eigenvalue weighted by Crippen LogP contribution is 2.24. The standard InChI is InChI=1S/C20H17BrCl2FN5O2S/c1-10(25-19(31)11-3-5-13(22)14(23)7-11)18-27-28-20(29(18)2)32-9-17(30)26-16-6-4-12(21)8-15(16)24/h3-8,10H,9H2,1-2H3,(H,25,31)(H,26,30)/t10-/m0/s1. The number of carbonyl (C=O) groups is 2. The van der Waals surface area contributed by atoms with Crippen LogP contribution in [-0.4, -0.2) is 32.3 Å². The Morgan fingerprint density at radius 1 is 1.19 bits per heavy atom. The van der Waals surface area contributed by atoms with E-state index >= 15 is 0 Å². The highest BCUT2D eigenvalue weighted by atomic mass is 79.9. The van der Waals surface area contributed by atoms with Crippen molar-refractivity contribution < 1.29 is 14.0 Å². The number of halogens is 4. The molecule has 0 saturated heterocycles. The number of anilines is 1. The highest BCUT2D eigenvalue weighted by Gasteiger charge is 2.19. The second kappa shape index (κ2) is 10.7. The van der Waals surface area contributed by atoms with E-state index in [4.69, 9.17) is 23.2 Å². The van der Waals surface area contributed by atoms with E-state index < -0.39 is 11.9 Å². The van der Waals surface area contributed by atoms with Crippen LogP contribution in [0, 0.1) is 5.82 Å². The molecule has 2 N–H and O–H groups in total. The summed E-state index contributed by atoms with van der Waals surface area (Å²) in [6.45, 7) is 1.76. The first kappa shape index (κ1) is 24.5. The van der Waals surface area contributed by atoms with E-state index in [-0.39, 0.29) is 28.3 Å². The lowest BCUT2D eigenvalue weighted by Gasteiger charge is -2.14. The number of benzene rings is 2. The quantitative estimate of drug-likeness (QED) is 0.385. The molecule has 168 valence electrons. The van der Waals surface area contributed by atoms with Gasteiger partial charge in [-0.2, -0.15) is 0 Å². The lowest BCUT2D eigenvalue weighted by atomic mass is 10.2. The van der Waals surface area contributed by atoms with Crippen molar-refractivity contribution in [2.75, 3.05) is 11.1 Å². The first-order valence-electron chi connectivity index (χ1n) is 9.18. The first-order chi connectivity index (χ1) is 15.2. The maximum atomic E-state index is 13.9. The van der Waals surface area contributed by atoms with E-state index in [0.29, 0.717) is 26.0 Å². The third-order valence-electron chi connectivity index (χ3n) is 4.32. The number of hydrogen-bond acceptors (Lipinski definition) is 5. The molecule has 0 unspecified atom stereocenters. The largest absolute Gasteiger partial charge is 0.342 e. The summed E-state index contributed by atoms with van der Waals surface area (Å²) < 4.78 is 16.1. The molecule has 0 saturated carbocycles. The van der Waals surface area contributed by atoms with Crippen LogP contribution in [0.2, 0.25) is 10.0 Å². The predicted octanol–water partition coefficient (Wildman–Crippen LogP) is 5.25. The Hall–Kier alpha value is -2.14. The van der Waals surface area contributed by atoms with Crippen LogP contribution in [0.25, 0.3) is 0 Å². The maximum absolute atomic E-state index is 13.9. The smallest absolute Gasteiger partial charge is 0.251 e. The Morgan fingerprint density at radius 2 is 1.94 bits per heavy atom. The average molecular weight is 561 g/mol. The van der Waals surface area contributed by atoms with Crippen molar-refractivity contribution >= 4 is 68.4 Å². The number of nitrogens with zero attached hydrogens (tertiary/aromatic N) is 3. The summed E-state index contributed by atoms with van der Waals surface area (Å²) in [5.41, 5.74) is 0.455. The number of amides is 2. The van der Waals surface area contributed by atoms with Gasteiger partial charge in [0, 0.05) is 17.1 Å². The number of rotatable bonds is 7. The van der Waals surface area contributed by atoms with Crippen LogP contribution in [0.15, 0.2) is 46.0 Å². The molecule has 12 heteroatoms. The van der Waals surface area contributed by atoms with E-state index in [0.717, 1.165) is 11.8 Å². The molecule has 0 spiro atoms. The zero-order valence-corrected chi connectivity index (χ0v) is 20.7. The Labute approximate surface area is 206 Å². The first-order valence-corrected chi connectivity index (χ1v) is 11.7. The SMILES string of the molecule is C[C@H](NC(=O)c1ccc(Cl)c(Cl)c1)c1nnc(SCC(=O)Nc2ccc(Br)cc2F)n1C. The molecule has 0 bridgehead atoms. The molecule has 1 atom stereocenters. The minimum absolute atomic E-state index is 0.00545. The van der Waals surface area contributed by atoms with Gasteiger partial charge in [0.05, 0.1) is 27.5 Å².